The van der Waals surface area contributed by atoms with Gasteiger partial charge in [-0.15, -0.1) is 0 Å². The summed E-state index contributed by atoms with van der Waals surface area (Å²) in [5.41, 5.74) is 1.30. The Labute approximate surface area is 99.5 Å². The average molecular weight is 246 g/mol. The highest BCUT2D eigenvalue weighted by molar-refractivity contribution is 6.33. The van der Waals surface area contributed by atoms with Gasteiger partial charge in [0.25, 0.3) is 0 Å². The Morgan fingerprint density at radius 3 is 2.87 bits per heavy atom. The summed E-state index contributed by atoms with van der Waals surface area (Å²) in [6.45, 7) is 4.90. The molecule has 1 N–H and O–H groups in total. The SMILES string of the molecule is CC(C)=CCCNc1nc(Cl)ncc1Cl. The molecule has 0 spiro atoms. The summed E-state index contributed by atoms with van der Waals surface area (Å²) in [6.07, 6.45) is 4.56. The smallest absolute Gasteiger partial charge is 0.224 e. The Balaban J connectivity index is 2.50. The van der Waals surface area contributed by atoms with Gasteiger partial charge in [-0.1, -0.05) is 23.3 Å². The molecule has 1 rings (SSSR count). The number of hydrogen-bond acceptors (Lipinski definition) is 3. The molecule has 0 unspecified atom stereocenters. The topological polar surface area (TPSA) is 37.8 Å². The van der Waals surface area contributed by atoms with Crippen LogP contribution in [-0.4, -0.2) is 16.5 Å². The lowest BCUT2D eigenvalue weighted by Crippen LogP contribution is -2.03. The molecule has 0 aliphatic heterocycles. The van der Waals surface area contributed by atoms with E-state index in [1.165, 1.54) is 11.8 Å². The van der Waals surface area contributed by atoms with E-state index in [4.69, 9.17) is 23.2 Å². The van der Waals surface area contributed by atoms with Gasteiger partial charge in [-0.25, -0.2) is 4.98 Å². The number of nitrogens with zero attached hydrogens (tertiary/aromatic N) is 2. The summed E-state index contributed by atoms with van der Waals surface area (Å²) in [4.78, 5) is 7.75. The van der Waals surface area contributed by atoms with Crippen molar-refractivity contribution in [1.29, 1.82) is 0 Å². The van der Waals surface area contributed by atoms with Crippen LogP contribution in [0.1, 0.15) is 20.3 Å². The van der Waals surface area contributed by atoms with Crippen LogP contribution in [0.2, 0.25) is 10.3 Å². The Morgan fingerprint density at radius 1 is 1.47 bits per heavy atom. The second kappa shape index (κ2) is 5.93. The van der Waals surface area contributed by atoms with E-state index in [2.05, 4.69) is 35.2 Å². The van der Waals surface area contributed by atoms with Crippen LogP contribution in [0.5, 0.6) is 0 Å². The fraction of sp³-hybridized carbons (Fsp3) is 0.400. The summed E-state index contributed by atoms with van der Waals surface area (Å²) in [7, 11) is 0. The molecule has 1 aromatic heterocycles. The van der Waals surface area contributed by atoms with E-state index >= 15 is 0 Å². The molecule has 3 nitrogen and oxygen atoms in total. The highest BCUT2D eigenvalue weighted by Gasteiger charge is 2.02. The van der Waals surface area contributed by atoms with Gasteiger partial charge in [0, 0.05) is 6.54 Å². The minimum Gasteiger partial charge on any atom is -0.368 e. The van der Waals surface area contributed by atoms with Crippen molar-refractivity contribution in [3.63, 3.8) is 0 Å². The van der Waals surface area contributed by atoms with Crippen molar-refractivity contribution >= 4 is 29.0 Å². The first kappa shape index (κ1) is 12.3. The Bertz CT molecular complexity index is 360. The van der Waals surface area contributed by atoms with Crippen molar-refractivity contribution in [2.75, 3.05) is 11.9 Å². The minimum absolute atomic E-state index is 0.198. The Morgan fingerprint density at radius 2 is 2.20 bits per heavy atom. The number of allylic oxidation sites excluding steroid dienone is 1. The van der Waals surface area contributed by atoms with Crippen molar-refractivity contribution in [1.82, 2.24) is 9.97 Å². The van der Waals surface area contributed by atoms with Gasteiger partial charge < -0.3 is 5.32 Å². The summed E-state index contributed by atoms with van der Waals surface area (Å²) in [5.74, 6) is 0.582. The zero-order valence-electron chi connectivity index (χ0n) is 8.72. The Kier molecular flexibility index (Phi) is 4.85. The molecule has 1 heterocycles. The van der Waals surface area contributed by atoms with E-state index in [-0.39, 0.29) is 5.28 Å². The molecule has 0 aliphatic carbocycles. The van der Waals surface area contributed by atoms with Crippen LogP contribution < -0.4 is 5.32 Å². The van der Waals surface area contributed by atoms with Gasteiger partial charge >= 0.3 is 0 Å². The third-order valence-electron chi connectivity index (χ3n) is 1.70. The summed E-state index contributed by atoms with van der Waals surface area (Å²) in [6, 6.07) is 0. The molecule has 0 fully saturated rings. The maximum atomic E-state index is 5.88. The lowest BCUT2D eigenvalue weighted by atomic mass is 10.3. The average Bonchev–Trinajstić information content (AvgIpc) is 2.17. The van der Waals surface area contributed by atoms with Crippen molar-refractivity contribution in [3.05, 3.63) is 28.2 Å². The lowest BCUT2D eigenvalue weighted by Gasteiger charge is -2.05. The molecule has 1 aromatic rings. The van der Waals surface area contributed by atoms with Crippen LogP contribution in [0.3, 0.4) is 0 Å². The predicted octanol–water partition coefficient (Wildman–Crippen LogP) is 3.55. The van der Waals surface area contributed by atoms with Gasteiger partial charge in [0.05, 0.1) is 6.20 Å². The van der Waals surface area contributed by atoms with Crippen LogP contribution in [-0.2, 0) is 0 Å². The second-order valence-corrected chi connectivity index (χ2v) is 4.08. The van der Waals surface area contributed by atoms with Crippen LogP contribution in [0, 0.1) is 0 Å². The van der Waals surface area contributed by atoms with Gasteiger partial charge in [0.2, 0.25) is 5.28 Å². The molecule has 0 amide bonds. The zero-order valence-corrected chi connectivity index (χ0v) is 10.2. The van der Waals surface area contributed by atoms with Gasteiger partial charge in [0.15, 0.2) is 0 Å². The molecule has 15 heavy (non-hydrogen) atoms. The number of anilines is 1. The Hall–Kier alpha value is -0.800. The fourth-order valence-corrected chi connectivity index (χ4v) is 1.31. The monoisotopic (exact) mass is 245 g/mol. The quantitative estimate of drug-likeness (QED) is 0.501. The number of hydrogen-bond donors (Lipinski definition) is 1. The minimum atomic E-state index is 0.198. The maximum absolute atomic E-state index is 5.88. The molecular weight excluding hydrogens is 233 g/mol. The van der Waals surface area contributed by atoms with Crippen LogP contribution in [0.4, 0.5) is 5.82 Å². The highest BCUT2D eigenvalue weighted by Crippen LogP contribution is 2.19. The van der Waals surface area contributed by atoms with Crippen LogP contribution in [0.25, 0.3) is 0 Å². The molecule has 0 saturated carbocycles. The number of aromatic nitrogens is 2. The van der Waals surface area contributed by atoms with E-state index in [1.807, 2.05) is 0 Å². The predicted molar refractivity (Wildman–Crippen MR) is 64.6 cm³/mol. The van der Waals surface area contributed by atoms with Crippen molar-refractivity contribution in [2.45, 2.75) is 20.3 Å². The van der Waals surface area contributed by atoms with Crippen molar-refractivity contribution in [3.8, 4) is 0 Å². The summed E-state index contributed by atoms with van der Waals surface area (Å²) in [5, 5.41) is 3.78. The highest BCUT2D eigenvalue weighted by atomic mass is 35.5. The fourth-order valence-electron chi connectivity index (χ4n) is 1.02. The van der Waals surface area contributed by atoms with Gasteiger partial charge in [-0.2, -0.15) is 4.98 Å². The molecule has 0 aliphatic rings. The molecule has 5 heteroatoms. The standard InChI is InChI=1S/C10H13Cl2N3/c1-7(2)4-3-5-13-9-8(11)6-14-10(12)15-9/h4,6H,3,5H2,1-2H3,(H,13,14,15). The van der Waals surface area contributed by atoms with E-state index < -0.39 is 0 Å². The van der Waals surface area contributed by atoms with Crippen molar-refractivity contribution < 1.29 is 0 Å². The summed E-state index contributed by atoms with van der Waals surface area (Å²) < 4.78 is 0. The van der Waals surface area contributed by atoms with E-state index in [9.17, 15) is 0 Å². The lowest BCUT2D eigenvalue weighted by molar-refractivity contribution is 1.02. The molecule has 0 atom stereocenters. The first-order chi connectivity index (χ1) is 7.09. The first-order valence-electron chi connectivity index (χ1n) is 4.65. The maximum Gasteiger partial charge on any atom is 0.224 e. The van der Waals surface area contributed by atoms with E-state index in [0.29, 0.717) is 10.8 Å². The third kappa shape index (κ3) is 4.49. The normalized spacial score (nSPS) is 9.87. The molecule has 82 valence electrons. The molecule has 0 radical (unpaired) electrons. The molecule has 0 saturated heterocycles. The second-order valence-electron chi connectivity index (χ2n) is 3.33. The molecule has 0 bridgehead atoms. The van der Waals surface area contributed by atoms with Gasteiger partial charge in [-0.3, -0.25) is 0 Å². The molecule has 0 aromatic carbocycles. The summed E-state index contributed by atoms with van der Waals surface area (Å²) >= 11 is 11.5. The zero-order chi connectivity index (χ0) is 11.3. The largest absolute Gasteiger partial charge is 0.368 e. The van der Waals surface area contributed by atoms with Crippen LogP contribution >= 0.6 is 23.2 Å². The van der Waals surface area contributed by atoms with Gasteiger partial charge in [-0.05, 0) is 31.9 Å². The number of halogens is 2. The van der Waals surface area contributed by atoms with Crippen molar-refractivity contribution in [2.24, 2.45) is 0 Å². The first-order valence-corrected chi connectivity index (χ1v) is 5.40. The van der Waals surface area contributed by atoms with E-state index in [0.717, 1.165) is 13.0 Å². The van der Waals surface area contributed by atoms with E-state index in [1.54, 1.807) is 0 Å². The number of rotatable bonds is 4. The third-order valence-corrected chi connectivity index (χ3v) is 2.16. The van der Waals surface area contributed by atoms with Crippen LogP contribution in [0.15, 0.2) is 17.8 Å². The molecular formula is C10H13Cl2N3. The van der Waals surface area contributed by atoms with Gasteiger partial charge in [0.1, 0.15) is 10.8 Å². The number of nitrogens with one attached hydrogen (secondary N) is 1.